The predicted molar refractivity (Wildman–Crippen MR) is 98.3 cm³/mol. The Bertz CT molecular complexity index is 1020. The first kappa shape index (κ1) is 18.7. The van der Waals surface area contributed by atoms with E-state index in [-0.39, 0.29) is 27.8 Å². The lowest BCUT2D eigenvalue weighted by Gasteiger charge is -2.29. The fraction of sp³-hybridized carbons (Fsp3) is 0.438. The minimum atomic E-state index is -3.89. The van der Waals surface area contributed by atoms with Gasteiger partial charge in [-0.2, -0.15) is 0 Å². The standard InChI is InChI=1S/C16H21N3O5S2/c1-11-6-7-14(10-15(11)19-8-4-5-9-25(19,20)21)18-26(22,23)16-12(2)17-24-13(16)3/h6-7,10,18H,4-5,8-9H2,1-3H3. The zero-order valence-corrected chi connectivity index (χ0v) is 16.4. The topological polar surface area (TPSA) is 110 Å². The quantitative estimate of drug-likeness (QED) is 0.845. The van der Waals surface area contributed by atoms with E-state index in [0.29, 0.717) is 18.7 Å². The van der Waals surface area contributed by atoms with Gasteiger partial charge in [0.15, 0.2) is 10.7 Å². The molecule has 0 aliphatic carbocycles. The molecule has 0 atom stereocenters. The lowest BCUT2D eigenvalue weighted by Crippen LogP contribution is -2.38. The second kappa shape index (κ2) is 6.58. The number of benzene rings is 1. The molecule has 0 radical (unpaired) electrons. The Morgan fingerprint density at radius 3 is 2.54 bits per heavy atom. The van der Waals surface area contributed by atoms with Gasteiger partial charge in [-0.1, -0.05) is 11.2 Å². The van der Waals surface area contributed by atoms with Crippen LogP contribution in [0.25, 0.3) is 0 Å². The number of aryl methyl sites for hydroxylation is 3. The molecule has 0 amide bonds. The van der Waals surface area contributed by atoms with E-state index >= 15 is 0 Å². The lowest BCUT2D eigenvalue weighted by atomic mass is 10.1. The largest absolute Gasteiger partial charge is 0.360 e. The van der Waals surface area contributed by atoms with Crippen molar-refractivity contribution in [3.8, 4) is 0 Å². The van der Waals surface area contributed by atoms with E-state index in [0.717, 1.165) is 12.0 Å². The van der Waals surface area contributed by atoms with Gasteiger partial charge >= 0.3 is 0 Å². The number of hydrogen-bond acceptors (Lipinski definition) is 6. The SMILES string of the molecule is Cc1ccc(NS(=O)(=O)c2c(C)noc2C)cc1N1CCCCS1(=O)=O. The smallest absolute Gasteiger partial charge is 0.267 e. The average molecular weight is 399 g/mol. The first-order valence-electron chi connectivity index (χ1n) is 8.18. The molecule has 2 heterocycles. The Kier molecular flexibility index (Phi) is 4.74. The van der Waals surface area contributed by atoms with Crippen molar-refractivity contribution in [1.29, 1.82) is 0 Å². The monoisotopic (exact) mass is 399 g/mol. The van der Waals surface area contributed by atoms with E-state index in [1.807, 2.05) is 0 Å². The molecule has 0 unspecified atom stereocenters. The number of rotatable bonds is 4. The third kappa shape index (κ3) is 3.43. The summed E-state index contributed by atoms with van der Waals surface area (Å²) >= 11 is 0. The highest BCUT2D eigenvalue weighted by Gasteiger charge is 2.28. The first-order chi connectivity index (χ1) is 12.1. The molecule has 1 N–H and O–H groups in total. The minimum absolute atomic E-state index is 0.00906. The number of nitrogens with zero attached hydrogens (tertiary/aromatic N) is 2. The first-order valence-corrected chi connectivity index (χ1v) is 11.3. The summed E-state index contributed by atoms with van der Waals surface area (Å²) in [6.45, 7) is 5.26. The Balaban J connectivity index is 1.98. The predicted octanol–water partition coefficient (Wildman–Crippen LogP) is 2.33. The van der Waals surface area contributed by atoms with Crippen molar-refractivity contribution in [2.24, 2.45) is 0 Å². The minimum Gasteiger partial charge on any atom is -0.360 e. The summed E-state index contributed by atoms with van der Waals surface area (Å²) in [5.41, 5.74) is 1.80. The molecule has 0 bridgehead atoms. The van der Waals surface area contributed by atoms with Crippen molar-refractivity contribution in [1.82, 2.24) is 5.16 Å². The van der Waals surface area contributed by atoms with Gasteiger partial charge < -0.3 is 4.52 Å². The van der Waals surface area contributed by atoms with E-state index in [2.05, 4.69) is 9.88 Å². The maximum atomic E-state index is 12.7. The molecule has 8 nitrogen and oxygen atoms in total. The van der Waals surface area contributed by atoms with Gasteiger partial charge in [-0.3, -0.25) is 9.03 Å². The molecule has 10 heteroatoms. The third-order valence-corrected chi connectivity index (χ3v) is 7.80. The number of hydrogen-bond donors (Lipinski definition) is 1. The zero-order chi connectivity index (χ0) is 19.1. The molecule has 1 fully saturated rings. The highest BCUT2D eigenvalue weighted by atomic mass is 32.2. The van der Waals surface area contributed by atoms with Crippen LogP contribution < -0.4 is 9.03 Å². The van der Waals surface area contributed by atoms with Crippen molar-refractivity contribution in [2.45, 2.75) is 38.5 Å². The van der Waals surface area contributed by atoms with Gasteiger partial charge in [-0.15, -0.1) is 0 Å². The number of aromatic nitrogens is 1. The van der Waals surface area contributed by atoms with Crippen LogP contribution in [0, 0.1) is 20.8 Å². The summed E-state index contributed by atoms with van der Waals surface area (Å²) in [6.07, 6.45) is 1.41. The van der Waals surface area contributed by atoms with E-state index < -0.39 is 20.0 Å². The molecule has 26 heavy (non-hydrogen) atoms. The molecule has 1 aliphatic heterocycles. The Hall–Kier alpha value is -2.07. The summed E-state index contributed by atoms with van der Waals surface area (Å²) in [7, 11) is -7.28. The van der Waals surface area contributed by atoms with E-state index in [4.69, 9.17) is 4.52 Å². The molecule has 1 saturated heterocycles. The van der Waals surface area contributed by atoms with Crippen LogP contribution in [0.3, 0.4) is 0 Å². The Labute approximate surface area is 153 Å². The summed E-state index contributed by atoms with van der Waals surface area (Å²) in [5, 5.41) is 3.67. The Morgan fingerprint density at radius 2 is 1.92 bits per heavy atom. The molecule has 3 rings (SSSR count). The highest BCUT2D eigenvalue weighted by molar-refractivity contribution is 7.93. The van der Waals surface area contributed by atoms with Crippen LogP contribution in [0.1, 0.15) is 29.9 Å². The maximum absolute atomic E-state index is 12.7. The van der Waals surface area contributed by atoms with Crippen LogP contribution in [-0.2, 0) is 20.0 Å². The normalized spacial score (nSPS) is 17.3. The van der Waals surface area contributed by atoms with Crippen molar-refractivity contribution in [2.75, 3.05) is 21.3 Å². The molecule has 1 aromatic heterocycles. The van der Waals surface area contributed by atoms with Gasteiger partial charge in [0.05, 0.1) is 17.1 Å². The van der Waals surface area contributed by atoms with Gasteiger partial charge in [0.2, 0.25) is 10.0 Å². The molecule has 0 saturated carbocycles. The van der Waals surface area contributed by atoms with Crippen LogP contribution in [0.15, 0.2) is 27.6 Å². The van der Waals surface area contributed by atoms with Crippen molar-refractivity contribution < 1.29 is 21.4 Å². The summed E-state index contributed by atoms with van der Waals surface area (Å²) in [6, 6.07) is 4.85. The highest BCUT2D eigenvalue weighted by Crippen LogP contribution is 2.31. The second-order valence-corrected chi connectivity index (χ2v) is 9.99. The Morgan fingerprint density at radius 1 is 1.19 bits per heavy atom. The van der Waals surface area contributed by atoms with Crippen LogP contribution in [-0.4, -0.2) is 34.3 Å². The van der Waals surface area contributed by atoms with Crippen LogP contribution in [0.4, 0.5) is 11.4 Å². The maximum Gasteiger partial charge on any atom is 0.267 e. The fourth-order valence-corrected chi connectivity index (χ4v) is 6.14. The molecular formula is C16H21N3O5S2. The molecule has 0 spiro atoms. The zero-order valence-electron chi connectivity index (χ0n) is 14.8. The average Bonchev–Trinajstić information content (AvgIpc) is 2.88. The van der Waals surface area contributed by atoms with E-state index in [1.54, 1.807) is 32.0 Å². The van der Waals surface area contributed by atoms with Gasteiger partial charge in [-0.25, -0.2) is 16.8 Å². The molecule has 1 aromatic carbocycles. The summed E-state index contributed by atoms with van der Waals surface area (Å²) in [4.78, 5) is -0.00906. The third-order valence-electron chi connectivity index (χ3n) is 4.32. The molecule has 1 aliphatic rings. The van der Waals surface area contributed by atoms with Crippen LogP contribution >= 0.6 is 0 Å². The van der Waals surface area contributed by atoms with Gasteiger partial charge in [-0.05, 0) is 51.3 Å². The van der Waals surface area contributed by atoms with Gasteiger partial charge in [0.1, 0.15) is 5.69 Å². The van der Waals surface area contributed by atoms with Crippen molar-refractivity contribution in [3.05, 3.63) is 35.2 Å². The van der Waals surface area contributed by atoms with E-state index in [9.17, 15) is 16.8 Å². The van der Waals surface area contributed by atoms with Crippen molar-refractivity contribution >= 4 is 31.4 Å². The second-order valence-electron chi connectivity index (χ2n) is 6.36. The summed E-state index contributed by atoms with van der Waals surface area (Å²) < 4.78 is 58.8. The van der Waals surface area contributed by atoms with Crippen LogP contribution in [0.2, 0.25) is 0 Å². The van der Waals surface area contributed by atoms with Gasteiger partial charge in [0, 0.05) is 6.54 Å². The molecule has 2 aromatic rings. The van der Waals surface area contributed by atoms with Crippen molar-refractivity contribution in [3.63, 3.8) is 0 Å². The molecule has 142 valence electrons. The number of anilines is 2. The summed E-state index contributed by atoms with van der Waals surface area (Å²) in [5.74, 6) is 0.294. The van der Waals surface area contributed by atoms with Gasteiger partial charge in [0.25, 0.3) is 10.0 Å². The number of sulfonamides is 2. The van der Waals surface area contributed by atoms with Crippen LogP contribution in [0.5, 0.6) is 0 Å². The van der Waals surface area contributed by atoms with E-state index in [1.165, 1.54) is 11.2 Å². The number of nitrogens with one attached hydrogen (secondary N) is 1. The fourth-order valence-electron chi connectivity index (χ4n) is 3.07. The lowest BCUT2D eigenvalue weighted by molar-refractivity contribution is 0.390. The molecular weight excluding hydrogens is 378 g/mol.